The average molecular weight is 264 g/mol. The highest BCUT2D eigenvalue weighted by Crippen LogP contribution is 2.29. The van der Waals surface area contributed by atoms with Gasteiger partial charge in [0.2, 0.25) is 0 Å². The van der Waals surface area contributed by atoms with Crippen LogP contribution in [0.5, 0.6) is 0 Å². The molecular weight excluding hydrogens is 248 g/mol. The highest BCUT2D eigenvalue weighted by molar-refractivity contribution is 5.94. The van der Waals surface area contributed by atoms with Gasteiger partial charge in [-0.25, -0.2) is 9.78 Å². The van der Waals surface area contributed by atoms with Gasteiger partial charge in [0.1, 0.15) is 11.4 Å². The lowest BCUT2D eigenvalue weighted by atomic mass is 10.0. The SMILES string of the molecule is COC(=O)c1cccnc1NC1CCCC1C(=O)O. The van der Waals surface area contributed by atoms with E-state index in [1.165, 1.54) is 7.11 Å². The fourth-order valence-corrected chi connectivity index (χ4v) is 2.40. The first-order valence-electron chi connectivity index (χ1n) is 6.16. The predicted molar refractivity (Wildman–Crippen MR) is 68.0 cm³/mol. The fourth-order valence-electron chi connectivity index (χ4n) is 2.40. The lowest BCUT2D eigenvalue weighted by molar-refractivity contribution is -0.141. The van der Waals surface area contributed by atoms with Gasteiger partial charge in [-0.1, -0.05) is 6.42 Å². The maximum Gasteiger partial charge on any atom is 0.341 e. The van der Waals surface area contributed by atoms with E-state index in [9.17, 15) is 9.59 Å². The number of anilines is 1. The lowest BCUT2D eigenvalue weighted by Crippen LogP contribution is -2.30. The molecule has 0 radical (unpaired) electrons. The molecule has 19 heavy (non-hydrogen) atoms. The van der Waals surface area contributed by atoms with Gasteiger partial charge in [-0.15, -0.1) is 0 Å². The maximum atomic E-state index is 11.6. The number of carboxylic acid groups (broad SMARTS) is 1. The third-order valence-electron chi connectivity index (χ3n) is 3.37. The summed E-state index contributed by atoms with van der Waals surface area (Å²) in [5, 5.41) is 12.2. The van der Waals surface area contributed by atoms with Crippen LogP contribution in [0.1, 0.15) is 29.6 Å². The molecular formula is C13H16N2O4. The van der Waals surface area contributed by atoms with Crippen molar-refractivity contribution in [1.82, 2.24) is 4.98 Å². The quantitative estimate of drug-likeness (QED) is 0.802. The molecule has 2 N–H and O–H groups in total. The van der Waals surface area contributed by atoms with E-state index in [0.29, 0.717) is 17.8 Å². The third kappa shape index (κ3) is 2.83. The molecule has 1 aliphatic rings. The normalized spacial score (nSPS) is 21.9. The Morgan fingerprint density at radius 1 is 1.47 bits per heavy atom. The number of hydrogen-bond donors (Lipinski definition) is 2. The summed E-state index contributed by atoms with van der Waals surface area (Å²) in [6.07, 6.45) is 3.82. The minimum Gasteiger partial charge on any atom is -0.481 e. The Balaban J connectivity index is 2.19. The standard InChI is InChI=1S/C13H16N2O4/c1-19-13(18)9-5-3-7-14-11(9)15-10-6-2-4-8(10)12(16)17/h3,5,7-8,10H,2,4,6H2,1H3,(H,14,15)(H,16,17). The first-order chi connectivity index (χ1) is 9.13. The number of carbonyl (C=O) groups excluding carboxylic acids is 1. The maximum absolute atomic E-state index is 11.6. The molecule has 1 aliphatic carbocycles. The van der Waals surface area contributed by atoms with Crippen LogP contribution in [0.4, 0.5) is 5.82 Å². The molecule has 1 aromatic heterocycles. The molecule has 1 fully saturated rings. The summed E-state index contributed by atoms with van der Waals surface area (Å²) in [5.41, 5.74) is 0.320. The zero-order chi connectivity index (χ0) is 13.8. The van der Waals surface area contributed by atoms with Crippen LogP contribution in [-0.4, -0.2) is 35.2 Å². The third-order valence-corrected chi connectivity index (χ3v) is 3.37. The molecule has 0 saturated heterocycles. The molecule has 2 unspecified atom stereocenters. The number of ether oxygens (including phenoxy) is 1. The monoisotopic (exact) mass is 264 g/mol. The topological polar surface area (TPSA) is 88.5 Å². The number of carboxylic acids is 1. The van der Waals surface area contributed by atoms with Gasteiger partial charge >= 0.3 is 11.9 Å². The Morgan fingerprint density at radius 2 is 2.26 bits per heavy atom. The van der Waals surface area contributed by atoms with E-state index in [1.54, 1.807) is 18.3 Å². The van der Waals surface area contributed by atoms with E-state index in [-0.39, 0.29) is 6.04 Å². The summed E-state index contributed by atoms with van der Waals surface area (Å²) in [6, 6.07) is 3.04. The number of nitrogens with one attached hydrogen (secondary N) is 1. The lowest BCUT2D eigenvalue weighted by Gasteiger charge is -2.19. The first-order valence-corrected chi connectivity index (χ1v) is 6.16. The highest BCUT2D eigenvalue weighted by Gasteiger charge is 2.33. The van der Waals surface area contributed by atoms with Crippen LogP contribution >= 0.6 is 0 Å². The molecule has 6 nitrogen and oxygen atoms in total. The second-order valence-corrected chi connectivity index (χ2v) is 4.52. The van der Waals surface area contributed by atoms with Gasteiger partial charge in [-0.3, -0.25) is 4.79 Å². The Morgan fingerprint density at radius 3 is 2.95 bits per heavy atom. The van der Waals surface area contributed by atoms with Gasteiger partial charge < -0.3 is 15.2 Å². The number of rotatable bonds is 4. The van der Waals surface area contributed by atoms with Crippen LogP contribution in [0.3, 0.4) is 0 Å². The number of pyridine rings is 1. The van der Waals surface area contributed by atoms with Crippen molar-refractivity contribution in [2.45, 2.75) is 25.3 Å². The summed E-state index contributed by atoms with van der Waals surface area (Å²) in [7, 11) is 1.30. The van der Waals surface area contributed by atoms with Gasteiger partial charge in [0.15, 0.2) is 0 Å². The van der Waals surface area contributed by atoms with Crippen molar-refractivity contribution < 1.29 is 19.4 Å². The Hall–Kier alpha value is -2.11. The number of hydrogen-bond acceptors (Lipinski definition) is 5. The molecule has 1 aromatic rings. The number of esters is 1. The van der Waals surface area contributed by atoms with Crippen molar-refractivity contribution >= 4 is 17.8 Å². The number of aromatic nitrogens is 1. The fraction of sp³-hybridized carbons (Fsp3) is 0.462. The van der Waals surface area contributed by atoms with Crippen molar-refractivity contribution in [3.05, 3.63) is 23.9 Å². The number of carbonyl (C=O) groups is 2. The molecule has 6 heteroatoms. The molecule has 1 heterocycles. The van der Waals surface area contributed by atoms with E-state index in [2.05, 4.69) is 15.0 Å². The minimum atomic E-state index is -0.814. The number of nitrogens with zero attached hydrogens (tertiary/aromatic N) is 1. The van der Waals surface area contributed by atoms with Gasteiger partial charge in [-0.05, 0) is 25.0 Å². The highest BCUT2D eigenvalue weighted by atomic mass is 16.5. The summed E-state index contributed by atoms with van der Waals surface area (Å²) in [4.78, 5) is 26.8. The van der Waals surface area contributed by atoms with Crippen molar-refractivity contribution in [1.29, 1.82) is 0 Å². The molecule has 0 spiro atoms. The molecule has 0 amide bonds. The molecule has 0 aromatic carbocycles. The first kappa shape index (κ1) is 13.3. The summed E-state index contributed by atoms with van der Waals surface area (Å²) in [6.45, 7) is 0. The van der Waals surface area contributed by atoms with E-state index in [4.69, 9.17) is 5.11 Å². The van der Waals surface area contributed by atoms with E-state index in [1.807, 2.05) is 0 Å². The second-order valence-electron chi connectivity index (χ2n) is 4.52. The van der Waals surface area contributed by atoms with Crippen LogP contribution < -0.4 is 5.32 Å². The van der Waals surface area contributed by atoms with Crippen LogP contribution in [0, 0.1) is 5.92 Å². The van der Waals surface area contributed by atoms with Crippen molar-refractivity contribution in [2.24, 2.45) is 5.92 Å². The largest absolute Gasteiger partial charge is 0.481 e. The van der Waals surface area contributed by atoms with Gasteiger partial charge in [0, 0.05) is 12.2 Å². The number of aliphatic carboxylic acids is 1. The van der Waals surface area contributed by atoms with Crippen LogP contribution in [0.2, 0.25) is 0 Å². The molecule has 102 valence electrons. The van der Waals surface area contributed by atoms with Crippen molar-refractivity contribution in [2.75, 3.05) is 12.4 Å². The minimum absolute atomic E-state index is 0.198. The summed E-state index contributed by atoms with van der Waals surface area (Å²) < 4.78 is 4.68. The molecule has 0 bridgehead atoms. The second kappa shape index (κ2) is 5.69. The average Bonchev–Trinajstić information content (AvgIpc) is 2.87. The molecule has 2 atom stereocenters. The summed E-state index contributed by atoms with van der Waals surface area (Å²) in [5.74, 6) is -1.36. The zero-order valence-corrected chi connectivity index (χ0v) is 10.6. The Kier molecular flexibility index (Phi) is 3.99. The van der Waals surface area contributed by atoms with Crippen LogP contribution in [-0.2, 0) is 9.53 Å². The van der Waals surface area contributed by atoms with Crippen molar-refractivity contribution in [3.63, 3.8) is 0 Å². The smallest absolute Gasteiger partial charge is 0.341 e. The van der Waals surface area contributed by atoms with Crippen LogP contribution in [0.25, 0.3) is 0 Å². The van der Waals surface area contributed by atoms with E-state index < -0.39 is 17.9 Å². The van der Waals surface area contributed by atoms with Gasteiger partial charge in [0.25, 0.3) is 0 Å². The predicted octanol–water partition coefficient (Wildman–Crippen LogP) is 1.53. The Bertz CT molecular complexity index is 489. The van der Waals surface area contributed by atoms with E-state index >= 15 is 0 Å². The van der Waals surface area contributed by atoms with E-state index in [0.717, 1.165) is 12.8 Å². The Labute approximate surface area is 110 Å². The zero-order valence-electron chi connectivity index (χ0n) is 10.6. The van der Waals surface area contributed by atoms with Gasteiger partial charge in [-0.2, -0.15) is 0 Å². The van der Waals surface area contributed by atoms with Crippen LogP contribution in [0.15, 0.2) is 18.3 Å². The molecule has 2 rings (SSSR count). The van der Waals surface area contributed by atoms with Gasteiger partial charge in [0.05, 0.1) is 13.0 Å². The molecule has 0 aliphatic heterocycles. The number of methoxy groups -OCH3 is 1. The summed E-state index contributed by atoms with van der Waals surface area (Å²) >= 11 is 0. The molecule has 1 saturated carbocycles. The van der Waals surface area contributed by atoms with Crippen molar-refractivity contribution in [3.8, 4) is 0 Å².